The lowest BCUT2D eigenvalue weighted by atomic mass is 9.74. The highest BCUT2D eigenvalue weighted by molar-refractivity contribution is 5.91. The van der Waals surface area contributed by atoms with E-state index in [-0.39, 0.29) is 11.9 Å². The second kappa shape index (κ2) is 9.24. The average molecular weight is 417 g/mol. The van der Waals surface area contributed by atoms with Gasteiger partial charge in [-0.15, -0.1) is 6.58 Å². The molecule has 1 N–H and O–H groups in total. The lowest BCUT2D eigenvalue weighted by molar-refractivity contribution is 0.00819. The smallest absolute Gasteiger partial charge is 0.377 e. The normalized spacial score (nSPS) is 20.3. The number of alkyl halides is 3. The Bertz CT molecular complexity index is 1040. The van der Waals surface area contributed by atoms with Crippen molar-refractivity contribution in [2.24, 2.45) is 5.92 Å². The minimum Gasteiger partial charge on any atom is -0.377 e. The Morgan fingerprint density at radius 2 is 1.80 bits per heavy atom. The fourth-order valence-corrected chi connectivity index (χ4v) is 4.01. The van der Waals surface area contributed by atoms with E-state index in [1.165, 1.54) is 17.2 Å². The van der Waals surface area contributed by atoms with Gasteiger partial charge in [-0.25, -0.2) is 14.4 Å². The lowest BCUT2D eigenvalue weighted by Gasteiger charge is -2.36. The molecule has 0 saturated carbocycles. The van der Waals surface area contributed by atoms with Crippen LogP contribution in [-0.4, -0.2) is 16.6 Å². The average Bonchev–Trinajstić information content (AvgIpc) is 2.71. The zero-order valence-electron chi connectivity index (χ0n) is 16.7. The predicted molar refractivity (Wildman–Crippen MR) is 111 cm³/mol. The molecule has 1 aromatic heterocycles. The van der Waals surface area contributed by atoms with Gasteiger partial charge in [-0.3, -0.25) is 0 Å². The van der Waals surface area contributed by atoms with E-state index in [0.717, 1.165) is 12.1 Å². The number of halogens is 4. The first kappa shape index (κ1) is 21.7. The van der Waals surface area contributed by atoms with Crippen LogP contribution in [0.3, 0.4) is 0 Å². The van der Waals surface area contributed by atoms with Gasteiger partial charge in [0.25, 0.3) is 0 Å². The first-order valence-electron chi connectivity index (χ1n) is 9.63. The molecule has 0 radical (unpaired) electrons. The number of nitrogens with one attached hydrogen (secondary N) is 1. The molecule has 30 heavy (non-hydrogen) atoms. The fraction of sp³-hybridized carbons (Fsp3) is 0.304. The maximum atomic E-state index is 14.2. The molecular formula is C23H23F4N3. The molecule has 3 unspecified atom stereocenters. The third-order valence-corrected chi connectivity index (χ3v) is 5.34. The summed E-state index contributed by atoms with van der Waals surface area (Å²) in [6.07, 6.45) is 4.78. The van der Waals surface area contributed by atoms with Gasteiger partial charge in [-0.2, -0.15) is 13.2 Å². The van der Waals surface area contributed by atoms with Crippen LogP contribution >= 0.6 is 0 Å². The lowest BCUT2D eigenvalue weighted by Crippen LogP contribution is -2.27. The van der Waals surface area contributed by atoms with Crippen molar-refractivity contribution in [3.8, 4) is 0 Å². The number of anilines is 1. The van der Waals surface area contributed by atoms with Crippen molar-refractivity contribution in [3.05, 3.63) is 78.0 Å². The summed E-state index contributed by atoms with van der Waals surface area (Å²) in [5.41, 5.74) is 3.83. The largest absolute Gasteiger partial charge is 0.379 e. The Labute approximate surface area is 172 Å². The Morgan fingerprint density at radius 3 is 2.47 bits per heavy atom. The third kappa shape index (κ3) is 4.61. The summed E-state index contributed by atoms with van der Waals surface area (Å²) < 4.78 is 43.2. The number of rotatable bonds is 3. The van der Waals surface area contributed by atoms with Gasteiger partial charge < -0.3 is 5.32 Å². The van der Waals surface area contributed by atoms with Crippen LogP contribution < -0.4 is 5.32 Å². The van der Waals surface area contributed by atoms with Crippen LogP contribution in [0.25, 0.3) is 10.9 Å². The summed E-state index contributed by atoms with van der Waals surface area (Å²) in [5, 5.41) is 4.35. The van der Waals surface area contributed by atoms with Crippen LogP contribution in [0.1, 0.15) is 42.3 Å². The molecule has 7 heteroatoms. The molecule has 0 bridgehead atoms. The van der Waals surface area contributed by atoms with Gasteiger partial charge in [0.2, 0.25) is 0 Å². The molecule has 0 aliphatic heterocycles. The molecule has 158 valence electrons. The number of hydrogen-bond acceptors (Lipinski definition) is 3. The van der Waals surface area contributed by atoms with E-state index in [9.17, 15) is 17.6 Å². The van der Waals surface area contributed by atoms with Gasteiger partial charge in [-0.05, 0) is 42.5 Å². The summed E-state index contributed by atoms with van der Waals surface area (Å²) in [7, 11) is 0. The Morgan fingerprint density at radius 1 is 1.13 bits per heavy atom. The summed E-state index contributed by atoms with van der Waals surface area (Å²) in [6.45, 7) is 4.36. The minimum absolute atomic E-state index is 0.150. The molecule has 1 heterocycles. The van der Waals surface area contributed by atoms with Gasteiger partial charge in [0.15, 0.2) is 0 Å². The number of aryl methyl sites for hydroxylation is 1. The summed E-state index contributed by atoms with van der Waals surface area (Å²) in [5.74, 6) is 1.04. The van der Waals surface area contributed by atoms with E-state index in [4.69, 9.17) is 0 Å². The van der Waals surface area contributed by atoms with Crippen LogP contribution in [0.2, 0.25) is 0 Å². The van der Waals surface area contributed by atoms with Gasteiger partial charge >= 0.3 is 6.68 Å². The topological polar surface area (TPSA) is 37.8 Å². The van der Waals surface area contributed by atoms with E-state index in [1.54, 1.807) is 19.2 Å². The number of benzene rings is 2. The molecule has 0 amide bonds. The monoisotopic (exact) mass is 417 g/mol. The van der Waals surface area contributed by atoms with E-state index < -0.39 is 6.68 Å². The van der Waals surface area contributed by atoms with Crippen molar-refractivity contribution >= 4 is 16.6 Å². The highest BCUT2D eigenvalue weighted by Gasteiger charge is 2.31. The van der Waals surface area contributed by atoms with E-state index in [1.807, 2.05) is 6.08 Å². The molecule has 1 aliphatic carbocycles. The first-order valence-corrected chi connectivity index (χ1v) is 9.63. The van der Waals surface area contributed by atoms with Crippen molar-refractivity contribution in [3.63, 3.8) is 0 Å². The first-order chi connectivity index (χ1) is 14.3. The van der Waals surface area contributed by atoms with Crippen molar-refractivity contribution in [2.75, 3.05) is 5.32 Å². The third-order valence-electron chi connectivity index (χ3n) is 5.34. The number of hydrogen-bond donors (Lipinski definition) is 1. The van der Waals surface area contributed by atoms with Gasteiger partial charge in [0.05, 0.1) is 6.04 Å². The van der Waals surface area contributed by atoms with E-state index in [0.29, 0.717) is 28.6 Å². The van der Waals surface area contributed by atoms with Crippen LogP contribution in [0, 0.1) is 18.7 Å². The number of fused-ring (bicyclic) bond motifs is 2. The summed E-state index contributed by atoms with van der Waals surface area (Å²) in [4.78, 5) is 8.54. The maximum absolute atomic E-state index is 14.2. The highest BCUT2D eigenvalue weighted by atomic mass is 19.4. The van der Waals surface area contributed by atoms with E-state index in [2.05, 4.69) is 53.1 Å². The minimum atomic E-state index is -3.67. The number of nitrogens with zero attached hydrogens (tertiary/aromatic N) is 2. The summed E-state index contributed by atoms with van der Waals surface area (Å²) in [6, 6.07) is 11.9. The molecule has 3 aromatic rings. The van der Waals surface area contributed by atoms with Crippen LogP contribution in [0.5, 0.6) is 0 Å². The molecule has 0 fully saturated rings. The van der Waals surface area contributed by atoms with Gasteiger partial charge in [-0.1, -0.05) is 37.3 Å². The Kier molecular flexibility index (Phi) is 6.70. The molecule has 1 aliphatic rings. The maximum Gasteiger partial charge on any atom is 0.379 e. The second-order valence-corrected chi connectivity index (χ2v) is 7.33. The van der Waals surface area contributed by atoms with Gasteiger partial charge in [0, 0.05) is 23.2 Å². The number of aromatic nitrogens is 2. The van der Waals surface area contributed by atoms with Gasteiger partial charge in [0.1, 0.15) is 17.2 Å². The molecule has 3 atom stereocenters. The SMILES string of the molecule is C=CC1CC(C)C(Nc2ccc(F)c3nc(C)ncc23)c2ccccc21.FC(F)F. The van der Waals surface area contributed by atoms with Crippen molar-refractivity contribution < 1.29 is 17.6 Å². The van der Waals surface area contributed by atoms with Crippen molar-refractivity contribution in [1.29, 1.82) is 0 Å². The zero-order chi connectivity index (χ0) is 21.8. The second-order valence-electron chi connectivity index (χ2n) is 7.33. The quantitative estimate of drug-likeness (QED) is 0.380. The number of allylic oxidation sites excluding steroid dienone is 1. The van der Waals surface area contributed by atoms with Crippen molar-refractivity contribution in [2.45, 2.75) is 38.9 Å². The summed E-state index contributed by atoms with van der Waals surface area (Å²) >= 11 is 0. The molecular weight excluding hydrogens is 394 g/mol. The van der Waals surface area contributed by atoms with Crippen LogP contribution in [0.15, 0.2) is 55.3 Å². The van der Waals surface area contributed by atoms with E-state index >= 15 is 0 Å². The van der Waals surface area contributed by atoms with Crippen LogP contribution in [0.4, 0.5) is 23.2 Å². The molecule has 4 rings (SSSR count). The molecule has 0 saturated heterocycles. The Hall–Kier alpha value is -2.96. The highest BCUT2D eigenvalue weighted by Crippen LogP contribution is 2.43. The van der Waals surface area contributed by atoms with Crippen molar-refractivity contribution in [1.82, 2.24) is 9.97 Å². The molecule has 3 nitrogen and oxygen atoms in total. The molecule has 0 spiro atoms. The molecule has 2 aromatic carbocycles. The Balaban J connectivity index is 0.000000589. The van der Waals surface area contributed by atoms with Crippen LogP contribution in [-0.2, 0) is 0 Å². The zero-order valence-corrected chi connectivity index (χ0v) is 16.7. The predicted octanol–water partition coefficient (Wildman–Crippen LogP) is 6.72. The fourth-order valence-electron chi connectivity index (χ4n) is 4.01. The standard InChI is InChI=1S/C22H22FN3.CHF3/c1-4-15-11-13(2)21(17-8-6-5-7-16(15)17)26-20-10-9-19(23)22-18(20)12-24-14(3)25-22;2-1(3)4/h4-10,12-13,15,21,26H,1,11H2,2-3H3;1H.